The fraction of sp³-hybridized carbons (Fsp3) is 0.438. The zero-order chi connectivity index (χ0) is 24.2. The molecule has 1 saturated carbocycles. The molecule has 0 aliphatic heterocycles. The molecule has 0 amide bonds. The molecule has 0 spiro atoms. The van der Waals surface area contributed by atoms with Crippen molar-refractivity contribution in [2.75, 3.05) is 0 Å². The van der Waals surface area contributed by atoms with Crippen molar-refractivity contribution in [2.45, 2.75) is 36.3 Å². The molecule has 2 aliphatic rings. The number of rotatable bonds is 2. The van der Waals surface area contributed by atoms with Crippen LogP contribution in [0.3, 0.4) is 0 Å². The quantitative estimate of drug-likeness (QED) is 0.600. The van der Waals surface area contributed by atoms with Crippen molar-refractivity contribution in [3.05, 3.63) is 40.5 Å². The van der Waals surface area contributed by atoms with Crippen LogP contribution in [0.5, 0.6) is 0 Å². The van der Waals surface area contributed by atoms with Crippen LogP contribution in [0.25, 0.3) is 5.76 Å². The number of hydrogen-bond donors (Lipinski definition) is 0. The zero-order valence-electron chi connectivity index (χ0n) is 14.1. The lowest BCUT2D eigenvalue weighted by Crippen LogP contribution is -2.65. The summed E-state index contributed by atoms with van der Waals surface area (Å²) in [4.78, 5) is 12.3. The number of halogens is 13. The van der Waals surface area contributed by atoms with Gasteiger partial charge in [0, 0.05) is 12.5 Å². The van der Waals surface area contributed by atoms with Crippen molar-refractivity contribution in [3.63, 3.8) is 0 Å². The molecule has 2 nitrogen and oxygen atoms in total. The molecule has 0 N–H and O–H groups in total. The van der Waals surface area contributed by atoms with Gasteiger partial charge < -0.3 is 5.11 Å². The third kappa shape index (κ3) is 2.24. The number of allylic oxidation sites excluding steroid dienone is 1. The Balaban J connectivity index is 2.37. The minimum atomic E-state index is -7.45. The van der Waals surface area contributed by atoms with E-state index in [2.05, 4.69) is 0 Å². The molecule has 172 valence electrons. The fourth-order valence-electron chi connectivity index (χ4n) is 3.65. The Kier molecular flexibility index (Phi) is 4.38. The second kappa shape index (κ2) is 5.85. The lowest BCUT2D eigenvalue weighted by Gasteiger charge is -2.39. The van der Waals surface area contributed by atoms with Gasteiger partial charge in [-0.05, 0) is 22.8 Å². The average molecular weight is 475 g/mol. The maximum absolute atomic E-state index is 14.1. The van der Waals surface area contributed by atoms with Crippen molar-refractivity contribution >= 4 is 11.5 Å². The van der Waals surface area contributed by atoms with E-state index < -0.39 is 81.6 Å². The van der Waals surface area contributed by atoms with Gasteiger partial charge in [0.15, 0.2) is 5.78 Å². The lowest BCUT2D eigenvalue weighted by atomic mass is 9.72. The van der Waals surface area contributed by atoms with Gasteiger partial charge in [-0.1, -0.05) is 5.76 Å². The Hall–Kier alpha value is -2.48. The highest BCUT2D eigenvalue weighted by Gasteiger charge is 3.06. The summed E-state index contributed by atoms with van der Waals surface area (Å²) in [6, 6.07) is 0.134. The molecule has 0 saturated heterocycles. The van der Waals surface area contributed by atoms with Gasteiger partial charge in [0.05, 0.1) is 0 Å². The monoisotopic (exact) mass is 475 g/mol. The molecule has 1 aromatic carbocycles. The van der Waals surface area contributed by atoms with Crippen LogP contribution < -0.4 is 5.11 Å². The fourth-order valence-corrected chi connectivity index (χ4v) is 3.65. The normalized spacial score (nSPS) is 24.9. The smallest absolute Gasteiger partial charge is 0.414 e. The van der Waals surface area contributed by atoms with Crippen molar-refractivity contribution in [2.24, 2.45) is 5.41 Å². The highest BCUT2D eigenvalue weighted by Crippen LogP contribution is 2.76. The minimum absolute atomic E-state index is 0.0279. The van der Waals surface area contributed by atoms with Crippen LogP contribution in [-0.4, -0.2) is 35.6 Å². The molecular weight excluding hydrogens is 471 g/mol. The second-order valence-electron chi connectivity index (χ2n) is 6.77. The molecule has 0 radical (unpaired) electrons. The molecule has 1 fully saturated rings. The molecule has 0 unspecified atom stereocenters. The summed E-state index contributed by atoms with van der Waals surface area (Å²) in [5.74, 6) is -38.9. The first-order valence-electron chi connectivity index (χ1n) is 7.73. The molecule has 31 heavy (non-hydrogen) atoms. The van der Waals surface area contributed by atoms with Crippen molar-refractivity contribution in [1.29, 1.82) is 0 Å². The SMILES string of the molecule is O=C(C1=C([O-])c2cc(F)cc(F)c2C1)C1(C(F)(F)F)C(F)(F)C(F)(F)C(F)(F)C1(F)F. The second-order valence-corrected chi connectivity index (χ2v) is 6.77. The van der Waals surface area contributed by atoms with E-state index in [1.807, 2.05) is 0 Å². The van der Waals surface area contributed by atoms with E-state index in [-0.39, 0.29) is 12.1 Å². The van der Waals surface area contributed by atoms with Gasteiger partial charge in [-0.25, -0.2) is 8.78 Å². The molecular formula is C16H4F13O2-. The van der Waals surface area contributed by atoms with Crippen LogP contribution in [0.15, 0.2) is 17.7 Å². The number of Topliss-reactive ketones (excluding diaryl/α,β-unsaturated/α-hetero) is 1. The molecule has 0 atom stereocenters. The number of carbonyl (C=O) groups is 1. The van der Waals surface area contributed by atoms with E-state index in [9.17, 15) is 67.0 Å². The lowest BCUT2D eigenvalue weighted by molar-refractivity contribution is -0.342. The number of fused-ring (bicyclic) bond motifs is 1. The predicted molar refractivity (Wildman–Crippen MR) is 70.3 cm³/mol. The molecule has 3 rings (SSSR count). The van der Waals surface area contributed by atoms with E-state index >= 15 is 0 Å². The minimum Gasteiger partial charge on any atom is -0.872 e. The number of ketones is 1. The Morgan fingerprint density at radius 1 is 0.839 bits per heavy atom. The van der Waals surface area contributed by atoms with Crippen LogP contribution in [0, 0.1) is 17.0 Å². The van der Waals surface area contributed by atoms with Crippen LogP contribution >= 0.6 is 0 Å². The molecule has 15 heteroatoms. The van der Waals surface area contributed by atoms with Crippen molar-refractivity contribution in [1.82, 2.24) is 0 Å². The predicted octanol–water partition coefficient (Wildman–Crippen LogP) is 4.26. The number of hydrogen-bond acceptors (Lipinski definition) is 2. The third-order valence-electron chi connectivity index (χ3n) is 5.20. The largest absolute Gasteiger partial charge is 0.872 e. The molecule has 0 bridgehead atoms. The van der Waals surface area contributed by atoms with Crippen molar-refractivity contribution in [3.8, 4) is 0 Å². The summed E-state index contributed by atoms with van der Waals surface area (Å²) in [6.45, 7) is 0. The van der Waals surface area contributed by atoms with Crippen LogP contribution in [0.2, 0.25) is 0 Å². The Bertz CT molecular complexity index is 993. The van der Waals surface area contributed by atoms with E-state index in [4.69, 9.17) is 0 Å². The summed E-state index contributed by atoms with van der Waals surface area (Å²) in [6.07, 6.45) is -9.19. The van der Waals surface area contributed by atoms with Gasteiger partial charge in [0.2, 0.25) is 0 Å². The summed E-state index contributed by atoms with van der Waals surface area (Å²) in [5.41, 5.74) is -11.7. The van der Waals surface area contributed by atoms with E-state index in [1.54, 1.807) is 0 Å². The first kappa shape index (κ1) is 23.2. The zero-order valence-corrected chi connectivity index (χ0v) is 14.1. The molecule has 2 aliphatic carbocycles. The average Bonchev–Trinajstić information content (AvgIpc) is 2.92. The highest BCUT2D eigenvalue weighted by molar-refractivity contribution is 6.09. The van der Waals surface area contributed by atoms with E-state index in [0.717, 1.165) is 0 Å². The van der Waals surface area contributed by atoms with Crippen molar-refractivity contribution < 1.29 is 67.0 Å². The van der Waals surface area contributed by atoms with Crippen LogP contribution in [0.4, 0.5) is 57.1 Å². The number of carbonyl (C=O) groups excluding carboxylic acids is 1. The summed E-state index contributed by atoms with van der Waals surface area (Å²) >= 11 is 0. The van der Waals surface area contributed by atoms with Gasteiger partial charge in [-0.2, -0.15) is 48.3 Å². The Morgan fingerprint density at radius 3 is 1.71 bits per heavy atom. The number of alkyl halides is 11. The topological polar surface area (TPSA) is 40.1 Å². The van der Waals surface area contributed by atoms with Gasteiger partial charge in [-0.3, -0.25) is 4.79 Å². The van der Waals surface area contributed by atoms with Crippen LogP contribution in [0.1, 0.15) is 11.1 Å². The maximum Gasteiger partial charge on any atom is 0.414 e. The molecule has 0 aromatic heterocycles. The number of benzene rings is 1. The van der Waals surface area contributed by atoms with Gasteiger partial charge in [0.1, 0.15) is 11.6 Å². The Labute approximate surface area is 161 Å². The standard InChI is InChI=1S/C16H5F13O2/c17-4-1-6-5(8(18)2-4)3-7(9(6)30)10(31)11(16(27,28)29)12(19,20)14(23,24)15(25,26)13(11,21)22/h1-2,30H,3H2/p-1. The summed E-state index contributed by atoms with van der Waals surface area (Å²) in [5, 5.41) is 12.1. The first-order valence-corrected chi connectivity index (χ1v) is 7.73. The maximum atomic E-state index is 14.1. The summed E-state index contributed by atoms with van der Waals surface area (Å²) in [7, 11) is 0. The Morgan fingerprint density at radius 2 is 1.29 bits per heavy atom. The first-order chi connectivity index (χ1) is 13.7. The molecule has 0 heterocycles. The van der Waals surface area contributed by atoms with Gasteiger partial charge in [-0.15, -0.1) is 0 Å². The third-order valence-corrected chi connectivity index (χ3v) is 5.20. The van der Waals surface area contributed by atoms with E-state index in [1.165, 1.54) is 0 Å². The summed E-state index contributed by atoms with van der Waals surface area (Å²) < 4.78 is 178. The van der Waals surface area contributed by atoms with E-state index in [0.29, 0.717) is 0 Å². The van der Waals surface area contributed by atoms with Crippen LogP contribution in [-0.2, 0) is 11.2 Å². The molecule has 1 aromatic rings. The van der Waals surface area contributed by atoms with Gasteiger partial charge in [0.25, 0.3) is 5.41 Å². The highest BCUT2D eigenvalue weighted by atomic mass is 19.4. The van der Waals surface area contributed by atoms with Gasteiger partial charge >= 0.3 is 29.9 Å².